The fourth-order valence-corrected chi connectivity index (χ4v) is 1.92. The molecule has 2 amide bonds. The lowest BCUT2D eigenvalue weighted by Crippen LogP contribution is -2.40. The Hall–Kier alpha value is -1.43. The zero-order valence-corrected chi connectivity index (χ0v) is 12.5. The molecule has 0 heterocycles. The van der Waals surface area contributed by atoms with E-state index < -0.39 is 11.7 Å². The SMILES string of the molecule is CCNC(=O)CN(CC)C(=O)c1ccc(Br)cc1F. The quantitative estimate of drug-likeness (QED) is 0.899. The second kappa shape index (κ2) is 7.23. The summed E-state index contributed by atoms with van der Waals surface area (Å²) in [4.78, 5) is 24.9. The highest BCUT2D eigenvalue weighted by molar-refractivity contribution is 9.10. The Labute approximate surface area is 120 Å². The standard InChI is InChI=1S/C13H16BrFN2O2/c1-3-16-12(18)8-17(4-2)13(19)10-6-5-9(14)7-11(10)15/h5-7H,3-4,8H2,1-2H3,(H,16,18). The van der Waals surface area contributed by atoms with Gasteiger partial charge in [0.1, 0.15) is 5.82 Å². The van der Waals surface area contributed by atoms with Crippen molar-refractivity contribution < 1.29 is 14.0 Å². The monoisotopic (exact) mass is 330 g/mol. The normalized spacial score (nSPS) is 10.1. The fourth-order valence-electron chi connectivity index (χ4n) is 1.59. The number of benzene rings is 1. The number of hydrogen-bond donors (Lipinski definition) is 1. The number of halogens is 2. The minimum Gasteiger partial charge on any atom is -0.355 e. The van der Waals surface area contributed by atoms with Gasteiger partial charge < -0.3 is 10.2 Å². The third kappa shape index (κ3) is 4.31. The van der Waals surface area contributed by atoms with E-state index in [1.165, 1.54) is 17.0 Å². The Kier molecular flexibility index (Phi) is 5.95. The number of amides is 2. The van der Waals surface area contributed by atoms with Crippen LogP contribution < -0.4 is 5.32 Å². The average Bonchev–Trinajstić information content (AvgIpc) is 2.35. The summed E-state index contributed by atoms with van der Waals surface area (Å²) < 4.78 is 14.3. The molecule has 0 aliphatic heterocycles. The minimum atomic E-state index is -0.603. The second-order valence-electron chi connectivity index (χ2n) is 3.90. The van der Waals surface area contributed by atoms with Crippen molar-refractivity contribution in [1.82, 2.24) is 10.2 Å². The van der Waals surface area contributed by atoms with Gasteiger partial charge in [-0.15, -0.1) is 0 Å². The number of nitrogens with one attached hydrogen (secondary N) is 1. The molecule has 0 aromatic heterocycles. The van der Waals surface area contributed by atoms with Gasteiger partial charge in [0.25, 0.3) is 5.91 Å². The molecule has 0 bridgehead atoms. The first-order valence-electron chi connectivity index (χ1n) is 6.00. The molecule has 0 saturated heterocycles. The summed E-state index contributed by atoms with van der Waals surface area (Å²) in [6, 6.07) is 4.23. The number of rotatable bonds is 5. The molecule has 0 aliphatic rings. The average molecular weight is 331 g/mol. The van der Waals surface area contributed by atoms with E-state index in [1.54, 1.807) is 19.9 Å². The zero-order valence-electron chi connectivity index (χ0n) is 10.9. The molecule has 0 radical (unpaired) electrons. The predicted molar refractivity (Wildman–Crippen MR) is 74.4 cm³/mol. The molecular weight excluding hydrogens is 315 g/mol. The molecule has 1 rings (SSSR count). The Morgan fingerprint density at radius 2 is 2.05 bits per heavy atom. The smallest absolute Gasteiger partial charge is 0.257 e. The van der Waals surface area contributed by atoms with Gasteiger partial charge in [-0.05, 0) is 32.0 Å². The van der Waals surface area contributed by atoms with Gasteiger partial charge in [-0.25, -0.2) is 4.39 Å². The number of nitrogens with zero attached hydrogens (tertiary/aromatic N) is 1. The summed E-state index contributed by atoms with van der Waals surface area (Å²) in [6.07, 6.45) is 0. The van der Waals surface area contributed by atoms with Crippen LogP contribution in [0.25, 0.3) is 0 Å². The first-order valence-corrected chi connectivity index (χ1v) is 6.79. The number of carbonyl (C=O) groups excluding carboxylic acids is 2. The summed E-state index contributed by atoms with van der Waals surface area (Å²) in [5, 5.41) is 2.61. The van der Waals surface area contributed by atoms with Gasteiger partial charge in [-0.3, -0.25) is 9.59 Å². The van der Waals surface area contributed by atoms with E-state index in [9.17, 15) is 14.0 Å². The Morgan fingerprint density at radius 1 is 1.37 bits per heavy atom. The third-order valence-electron chi connectivity index (χ3n) is 2.54. The van der Waals surface area contributed by atoms with Gasteiger partial charge in [0.15, 0.2) is 0 Å². The van der Waals surface area contributed by atoms with Crippen LogP contribution in [0.4, 0.5) is 4.39 Å². The second-order valence-corrected chi connectivity index (χ2v) is 4.81. The molecule has 1 aromatic carbocycles. The van der Waals surface area contributed by atoms with Crippen LogP contribution in [-0.4, -0.2) is 36.3 Å². The largest absolute Gasteiger partial charge is 0.355 e. The van der Waals surface area contributed by atoms with Crippen molar-refractivity contribution in [3.63, 3.8) is 0 Å². The van der Waals surface area contributed by atoms with E-state index in [1.807, 2.05) is 0 Å². The van der Waals surface area contributed by atoms with Gasteiger partial charge in [-0.2, -0.15) is 0 Å². The van der Waals surface area contributed by atoms with E-state index in [0.717, 1.165) is 0 Å². The molecule has 0 atom stereocenters. The molecule has 104 valence electrons. The molecule has 19 heavy (non-hydrogen) atoms. The lowest BCUT2D eigenvalue weighted by atomic mass is 10.2. The molecule has 6 heteroatoms. The van der Waals surface area contributed by atoms with Crippen LogP contribution in [0.1, 0.15) is 24.2 Å². The van der Waals surface area contributed by atoms with Crippen molar-refractivity contribution in [2.75, 3.05) is 19.6 Å². The van der Waals surface area contributed by atoms with E-state index in [4.69, 9.17) is 0 Å². The molecule has 0 spiro atoms. The van der Waals surface area contributed by atoms with Crippen LogP contribution in [0.3, 0.4) is 0 Å². The van der Waals surface area contributed by atoms with Crippen LogP contribution in [0, 0.1) is 5.82 Å². The molecular formula is C13H16BrFN2O2. The van der Waals surface area contributed by atoms with Crippen LogP contribution in [0.5, 0.6) is 0 Å². The Balaban J connectivity index is 2.86. The van der Waals surface area contributed by atoms with Crippen molar-refractivity contribution >= 4 is 27.7 Å². The Morgan fingerprint density at radius 3 is 2.58 bits per heavy atom. The number of likely N-dealkylation sites (N-methyl/N-ethyl adjacent to an activating group) is 2. The first-order chi connectivity index (χ1) is 8.99. The maximum absolute atomic E-state index is 13.7. The zero-order chi connectivity index (χ0) is 14.4. The maximum atomic E-state index is 13.7. The molecule has 0 saturated carbocycles. The van der Waals surface area contributed by atoms with Gasteiger partial charge in [-0.1, -0.05) is 15.9 Å². The highest BCUT2D eigenvalue weighted by Crippen LogP contribution is 2.16. The molecule has 0 unspecified atom stereocenters. The summed E-state index contributed by atoms with van der Waals surface area (Å²) >= 11 is 3.13. The highest BCUT2D eigenvalue weighted by atomic mass is 79.9. The van der Waals surface area contributed by atoms with E-state index in [0.29, 0.717) is 17.6 Å². The number of hydrogen-bond acceptors (Lipinski definition) is 2. The molecule has 0 fully saturated rings. The highest BCUT2D eigenvalue weighted by Gasteiger charge is 2.20. The van der Waals surface area contributed by atoms with Crippen LogP contribution >= 0.6 is 15.9 Å². The summed E-state index contributed by atoms with van der Waals surface area (Å²) in [5.74, 6) is -1.34. The van der Waals surface area contributed by atoms with Crippen molar-refractivity contribution in [2.24, 2.45) is 0 Å². The maximum Gasteiger partial charge on any atom is 0.257 e. The molecule has 1 N–H and O–H groups in total. The summed E-state index contributed by atoms with van der Waals surface area (Å²) in [5.41, 5.74) is -0.0330. The van der Waals surface area contributed by atoms with Crippen molar-refractivity contribution in [3.8, 4) is 0 Å². The van der Waals surface area contributed by atoms with E-state index in [2.05, 4.69) is 21.2 Å². The Bertz CT molecular complexity index is 480. The lowest BCUT2D eigenvalue weighted by Gasteiger charge is -2.20. The number of carbonyl (C=O) groups is 2. The topological polar surface area (TPSA) is 49.4 Å². The van der Waals surface area contributed by atoms with Gasteiger partial charge in [0.2, 0.25) is 5.91 Å². The van der Waals surface area contributed by atoms with Crippen LogP contribution in [0.2, 0.25) is 0 Å². The molecule has 1 aromatic rings. The third-order valence-corrected chi connectivity index (χ3v) is 3.03. The predicted octanol–water partition coefficient (Wildman–Crippen LogP) is 2.19. The summed E-state index contributed by atoms with van der Waals surface area (Å²) in [7, 11) is 0. The summed E-state index contributed by atoms with van der Waals surface area (Å²) in [6.45, 7) is 4.31. The van der Waals surface area contributed by atoms with Gasteiger partial charge in [0.05, 0.1) is 12.1 Å². The molecule has 0 aliphatic carbocycles. The van der Waals surface area contributed by atoms with E-state index in [-0.39, 0.29) is 18.0 Å². The lowest BCUT2D eigenvalue weighted by molar-refractivity contribution is -0.121. The van der Waals surface area contributed by atoms with Gasteiger partial charge in [0, 0.05) is 17.6 Å². The van der Waals surface area contributed by atoms with Crippen molar-refractivity contribution in [2.45, 2.75) is 13.8 Å². The minimum absolute atomic E-state index is 0.0330. The molecule has 4 nitrogen and oxygen atoms in total. The van der Waals surface area contributed by atoms with Crippen molar-refractivity contribution in [1.29, 1.82) is 0 Å². The van der Waals surface area contributed by atoms with Crippen molar-refractivity contribution in [3.05, 3.63) is 34.1 Å². The van der Waals surface area contributed by atoms with Crippen LogP contribution in [0.15, 0.2) is 22.7 Å². The fraction of sp³-hybridized carbons (Fsp3) is 0.385. The van der Waals surface area contributed by atoms with E-state index >= 15 is 0 Å². The van der Waals surface area contributed by atoms with Crippen LogP contribution in [-0.2, 0) is 4.79 Å². The van der Waals surface area contributed by atoms with Gasteiger partial charge >= 0.3 is 0 Å². The first kappa shape index (κ1) is 15.6.